The molecule has 0 atom stereocenters. The topological polar surface area (TPSA) is 182 Å². The van der Waals surface area contributed by atoms with E-state index in [0.717, 1.165) is 37.7 Å². The number of halogens is 1. The first-order valence-electron chi connectivity index (χ1n) is 12.8. The smallest absolute Gasteiger partial charge is 0.291 e. The standard InChI is InChI=1S/C16H18N3S.C14H12N2OS.CH4.Ag.ClH.HNO3.H3N.H2O/c1-18(2)11-5-7-13-15(9-11)20-16-10-12(19(3)4)6-8-14(16)17-13;1-16(2)9-3-5-11-13(7-9)18-14-8-10(17)4-6-12(14)15-11;;;;2-1(3)4;;/h5-10H,1-4H3;3-8H,1-2H3;1H4;;1H;(H,2,3,4);1H3;1H2/q+1;;;;;;;/p-1. The molecule has 259 valence electrons. The van der Waals surface area contributed by atoms with Gasteiger partial charge in [-0.3, -0.25) is 4.79 Å². The Morgan fingerprint density at radius 3 is 1.55 bits per heavy atom. The maximum atomic E-state index is 11.4. The van der Waals surface area contributed by atoms with Gasteiger partial charge < -0.3 is 39.0 Å². The molecule has 12 nitrogen and oxygen atoms in total. The summed E-state index contributed by atoms with van der Waals surface area (Å²) in [4.78, 5) is 35.4. The zero-order chi connectivity index (χ0) is 30.6. The summed E-state index contributed by atoms with van der Waals surface area (Å²) in [6.45, 7) is 0. The van der Waals surface area contributed by atoms with E-state index in [0.29, 0.717) is 0 Å². The van der Waals surface area contributed by atoms with Crippen LogP contribution in [0.4, 0.5) is 11.4 Å². The Labute approximate surface area is 303 Å². The van der Waals surface area contributed by atoms with E-state index in [-0.39, 0.29) is 59.3 Å². The zero-order valence-corrected chi connectivity index (χ0v) is 29.9. The summed E-state index contributed by atoms with van der Waals surface area (Å²) in [5.74, 6) is 0. The van der Waals surface area contributed by atoms with Crippen LogP contribution in [0.1, 0.15) is 7.43 Å². The molecule has 6 rings (SSSR count). The fourth-order valence-electron chi connectivity index (χ4n) is 4.03. The average molecular weight is 798 g/mol. The number of hydrogen-bond acceptors (Lipinski definition) is 10. The van der Waals surface area contributed by atoms with Crippen molar-refractivity contribution < 1.29 is 50.6 Å². The van der Waals surface area contributed by atoms with Gasteiger partial charge in [-0.05, 0) is 54.6 Å². The van der Waals surface area contributed by atoms with Crippen LogP contribution >= 0.6 is 22.7 Å². The van der Waals surface area contributed by atoms with Crippen LogP contribution in [0.15, 0.2) is 77.6 Å². The number of nitrogens with zero attached hydrogens (tertiary/aromatic N) is 6. The van der Waals surface area contributed by atoms with Gasteiger partial charge in [0.05, 0.1) is 41.6 Å². The molecule has 0 amide bonds. The van der Waals surface area contributed by atoms with E-state index in [1.807, 2.05) is 20.2 Å². The Kier molecular flexibility index (Phi) is 19.1. The SMILES string of the molecule is C.CN(C)c1ccc2nc3ccc(=O)cc-3sc2c1.CN(C)c1ccc2nc3ccc(=[N+](C)C)cc-3sc2c1.N.O.O=[N+]([O-])O.[Ag].[Cl-]. The summed E-state index contributed by atoms with van der Waals surface area (Å²) < 4.78 is 4.44. The van der Waals surface area contributed by atoms with Gasteiger partial charge >= 0.3 is 0 Å². The monoisotopic (exact) mass is 796 g/mol. The first-order chi connectivity index (χ1) is 19.9. The Balaban J connectivity index is 0. The molecule has 6 N–H and O–H groups in total. The minimum Gasteiger partial charge on any atom is -1.00 e. The molecule has 4 aliphatic rings. The Bertz CT molecular complexity index is 1960. The normalized spacial score (nSPS) is 9.40. The van der Waals surface area contributed by atoms with Crippen molar-refractivity contribution >= 4 is 54.5 Å². The maximum Gasteiger partial charge on any atom is 0.291 e. The maximum absolute atomic E-state index is 11.4. The molecule has 0 spiro atoms. The summed E-state index contributed by atoms with van der Waals surface area (Å²) in [6.07, 6.45) is 0. The van der Waals surface area contributed by atoms with Crippen LogP contribution in [0, 0.1) is 10.1 Å². The molecule has 0 fully saturated rings. The van der Waals surface area contributed by atoms with E-state index in [1.54, 1.807) is 40.9 Å². The van der Waals surface area contributed by atoms with Gasteiger partial charge in [-0.2, -0.15) is 0 Å². The fourth-order valence-corrected chi connectivity index (χ4v) is 6.09. The number of fused-ring (bicyclic) bond motifs is 4. The van der Waals surface area contributed by atoms with Crippen molar-refractivity contribution in [2.45, 2.75) is 7.43 Å². The minimum atomic E-state index is -1.50. The van der Waals surface area contributed by atoms with E-state index >= 15 is 0 Å². The molecule has 16 heteroatoms. The predicted molar refractivity (Wildman–Crippen MR) is 189 cm³/mol. The number of rotatable bonds is 2. The van der Waals surface area contributed by atoms with E-state index < -0.39 is 5.09 Å². The van der Waals surface area contributed by atoms with Gasteiger partial charge in [-0.25, -0.2) is 14.5 Å². The van der Waals surface area contributed by atoms with E-state index in [4.69, 9.17) is 20.3 Å². The number of hydrogen-bond donors (Lipinski definition) is 2. The van der Waals surface area contributed by atoms with Gasteiger partial charge in [0.25, 0.3) is 5.09 Å². The molecular formula is C31H40AgClN7O5S2. The summed E-state index contributed by atoms with van der Waals surface area (Å²) in [6, 6.07) is 24.0. The van der Waals surface area contributed by atoms with Crippen molar-refractivity contribution in [3.05, 3.63) is 98.5 Å². The molecule has 0 saturated carbocycles. The summed E-state index contributed by atoms with van der Waals surface area (Å²) in [5, 5.41) is 14.8. The summed E-state index contributed by atoms with van der Waals surface area (Å²) in [7, 11) is 12.3. The Hall–Kier alpha value is -3.73. The van der Waals surface area contributed by atoms with Gasteiger partial charge in [0.1, 0.15) is 14.1 Å². The van der Waals surface area contributed by atoms with Gasteiger partial charge in [0.2, 0.25) is 5.36 Å². The molecule has 2 aromatic carbocycles. The molecule has 0 unspecified atom stereocenters. The molecule has 0 bridgehead atoms. The number of anilines is 2. The van der Waals surface area contributed by atoms with Crippen molar-refractivity contribution in [2.75, 3.05) is 52.1 Å². The van der Waals surface area contributed by atoms with E-state index in [2.05, 4.69) is 96.1 Å². The van der Waals surface area contributed by atoms with Crippen molar-refractivity contribution in [1.82, 2.24) is 20.7 Å². The average Bonchev–Trinajstić information content (AvgIpc) is 2.94. The molecule has 2 aliphatic heterocycles. The fraction of sp³-hybridized carbons (Fsp3) is 0.226. The van der Waals surface area contributed by atoms with E-state index in [9.17, 15) is 4.79 Å². The second-order valence-electron chi connectivity index (χ2n) is 9.93. The molecular weight excluding hydrogens is 758 g/mol. The minimum absolute atomic E-state index is 0. The third-order valence-electron chi connectivity index (χ3n) is 6.23. The number of benzene rings is 4. The zero-order valence-electron chi connectivity index (χ0n) is 26.0. The van der Waals surface area contributed by atoms with Crippen LogP contribution in [0.2, 0.25) is 0 Å². The van der Waals surface area contributed by atoms with Crippen LogP contribution in [0.3, 0.4) is 0 Å². The molecule has 2 aliphatic carbocycles. The van der Waals surface area contributed by atoms with Crippen molar-refractivity contribution in [3.8, 4) is 21.1 Å². The second-order valence-corrected chi connectivity index (χ2v) is 12.1. The first-order valence-corrected chi connectivity index (χ1v) is 14.4. The van der Waals surface area contributed by atoms with Crippen molar-refractivity contribution in [1.29, 1.82) is 0 Å². The summed E-state index contributed by atoms with van der Waals surface area (Å²) >= 11 is 3.41. The van der Waals surface area contributed by atoms with Crippen LogP contribution in [-0.4, -0.2) is 68.0 Å². The van der Waals surface area contributed by atoms with Gasteiger partial charge in [0, 0.05) is 80.1 Å². The molecule has 1 radical (unpaired) electrons. The van der Waals surface area contributed by atoms with Crippen LogP contribution in [0.5, 0.6) is 0 Å². The second kappa shape index (κ2) is 19.8. The molecule has 0 aromatic heterocycles. The van der Waals surface area contributed by atoms with Crippen LogP contribution in [-0.2, 0) is 22.4 Å². The number of aromatic nitrogens is 2. The Morgan fingerprint density at radius 2 is 1.15 bits per heavy atom. The van der Waals surface area contributed by atoms with Gasteiger partial charge in [0.15, 0.2) is 5.43 Å². The van der Waals surface area contributed by atoms with E-state index in [1.165, 1.54) is 20.6 Å². The van der Waals surface area contributed by atoms with Crippen molar-refractivity contribution in [3.63, 3.8) is 0 Å². The largest absolute Gasteiger partial charge is 1.00 e. The Morgan fingerprint density at radius 1 is 0.745 bits per heavy atom. The quantitative estimate of drug-likeness (QED) is 0.0871. The third kappa shape index (κ3) is 11.8. The van der Waals surface area contributed by atoms with Crippen LogP contribution in [0.25, 0.3) is 41.6 Å². The van der Waals surface area contributed by atoms with Crippen molar-refractivity contribution in [2.24, 2.45) is 0 Å². The first kappa shape index (κ1) is 45.4. The van der Waals surface area contributed by atoms with Gasteiger partial charge in [-0.1, -0.05) is 7.43 Å². The third-order valence-corrected chi connectivity index (χ3v) is 8.42. The summed E-state index contributed by atoms with van der Waals surface area (Å²) in [5.41, 5.74) is 6.35. The molecule has 2 aromatic rings. The van der Waals surface area contributed by atoms with Gasteiger partial charge in [-0.15, -0.1) is 32.8 Å². The molecule has 47 heavy (non-hydrogen) atoms. The molecule has 0 saturated heterocycles. The molecule has 2 heterocycles. The predicted octanol–water partition coefficient (Wildman–Crippen LogP) is 1.95. The van der Waals surface area contributed by atoms with Crippen LogP contribution < -0.4 is 43.7 Å².